The molecule has 17 heavy (non-hydrogen) atoms. The summed E-state index contributed by atoms with van der Waals surface area (Å²) >= 11 is 5.58. The van der Waals surface area contributed by atoms with E-state index >= 15 is 0 Å². The first-order valence-corrected chi connectivity index (χ1v) is 5.71. The summed E-state index contributed by atoms with van der Waals surface area (Å²) in [5.74, 6) is 0.576. The van der Waals surface area contributed by atoms with Crippen molar-refractivity contribution in [3.8, 4) is 11.8 Å². The Morgan fingerprint density at radius 1 is 1.41 bits per heavy atom. The van der Waals surface area contributed by atoms with Crippen molar-refractivity contribution in [2.75, 3.05) is 5.88 Å². The summed E-state index contributed by atoms with van der Waals surface area (Å²) in [4.78, 5) is 0. The molecule has 0 aliphatic heterocycles. The third kappa shape index (κ3) is 4.20. The van der Waals surface area contributed by atoms with E-state index in [-0.39, 0.29) is 12.2 Å². The molecule has 0 heterocycles. The van der Waals surface area contributed by atoms with E-state index in [2.05, 4.69) is 4.74 Å². The van der Waals surface area contributed by atoms with E-state index in [1.54, 1.807) is 12.1 Å². The van der Waals surface area contributed by atoms with Gasteiger partial charge in [-0.1, -0.05) is 12.1 Å². The molecule has 0 amide bonds. The Labute approximate surface area is 104 Å². The molecule has 0 saturated heterocycles. The van der Waals surface area contributed by atoms with Crippen molar-refractivity contribution in [3.63, 3.8) is 0 Å². The third-order valence-corrected chi connectivity index (χ3v) is 2.54. The number of alkyl halides is 3. The molecule has 0 saturated carbocycles. The zero-order chi connectivity index (χ0) is 12.7. The highest BCUT2D eigenvalue weighted by Crippen LogP contribution is 2.26. The fourth-order valence-corrected chi connectivity index (χ4v) is 1.73. The van der Waals surface area contributed by atoms with Crippen molar-refractivity contribution in [3.05, 3.63) is 29.3 Å². The number of hydrogen-bond donors (Lipinski definition) is 0. The zero-order valence-electron chi connectivity index (χ0n) is 9.13. The van der Waals surface area contributed by atoms with Gasteiger partial charge in [-0.25, -0.2) is 0 Å². The fraction of sp³-hybridized carbons (Fsp3) is 0.417. The Bertz CT molecular complexity index is 404. The average Bonchev–Trinajstić information content (AvgIpc) is 2.28. The molecule has 0 unspecified atom stereocenters. The molecule has 5 heteroatoms. The molecule has 0 fully saturated rings. The summed E-state index contributed by atoms with van der Waals surface area (Å²) in [7, 11) is 0. The van der Waals surface area contributed by atoms with E-state index in [4.69, 9.17) is 16.9 Å². The maximum Gasteiger partial charge on any atom is 0.387 e. The summed E-state index contributed by atoms with van der Waals surface area (Å²) in [5, 5.41) is 8.68. The lowest BCUT2D eigenvalue weighted by molar-refractivity contribution is -0.0504. The van der Waals surface area contributed by atoms with E-state index in [0.717, 1.165) is 5.56 Å². The largest absolute Gasteiger partial charge is 0.435 e. The number of benzene rings is 1. The molecule has 0 aromatic heterocycles. The maximum absolute atomic E-state index is 12.2. The van der Waals surface area contributed by atoms with Crippen molar-refractivity contribution in [2.24, 2.45) is 0 Å². The second kappa shape index (κ2) is 7.08. The second-order valence-corrected chi connectivity index (χ2v) is 3.78. The van der Waals surface area contributed by atoms with E-state index < -0.39 is 6.61 Å². The topological polar surface area (TPSA) is 33.0 Å². The van der Waals surface area contributed by atoms with E-state index in [0.29, 0.717) is 24.3 Å². The van der Waals surface area contributed by atoms with Crippen LogP contribution in [0.25, 0.3) is 0 Å². The molecule has 2 nitrogen and oxygen atoms in total. The van der Waals surface area contributed by atoms with Gasteiger partial charge >= 0.3 is 6.61 Å². The lowest BCUT2D eigenvalue weighted by Crippen LogP contribution is -2.06. The van der Waals surface area contributed by atoms with Crippen LogP contribution in [0.4, 0.5) is 8.78 Å². The molecule has 1 aromatic carbocycles. The van der Waals surface area contributed by atoms with Crippen molar-refractivity contribution in [1.29, 1.82) is 5.26 Å². The Hall–Kier alpha value is -1.34. The molecule has 1 aromatic rings. The Morgan fingerprint density at radius 3 is 2.76 bits per heavy atom. The number of nitriles is 1. The van der Waals surface area contributed by atoms with Crippen LogP contribution < -0.4 is 4.74 Å². The van der Waals surface area contributed by atoms with E-state index in [1.165, 1.54) is 6.07 Å². The first-order chi connectivity index (χ1) is 8.19. The number of nitrogens with zero attached hydrogens (tertiary/aromatic N) is 1. The predicted octanol–water partition coefficient (Wildman–Crippen LogP) is 3.53. The first kappa shape index (κ1) is 13.7. The predicted molar refractivity (Wildman–Crippen MR) is 61.4 cm³/mol. The Morgan fingerprint density at radius 2 is 2.18 bits per heavy atom. The van der Waals surface area contributed by atoms with Gasteiger partial charge in [0, 0.05) is 5.88 Å². The first-order valence-electron chi connectivity index (χ1n) is 5.17. The highest BCUT2D eigenvalue weighted by atomic mass is 35.5. The number of rotatable bonds is 6. The zero-order valence-corrected chi connectivity index (χ0v) is 9.88. The second-order valence-electron chi connectivity index (χ2n) is 3.40. The summed E-state index contributed by atoms with van der Waals surface area (Å²) in [6.45, 7) is -2.86. The van der Waals surface area contributed by atoms with Crippen LogP contribution >= 0.6 is 11.6 Å². The van der Waals surface area contributed by atoms with Gasteiger partial charge in [-0.15, -0.1) is 11.6 Å². The van der Waals surface area contributed by atoms with E-state index in [1.807, 2.05) is 6.07 Å². The highest BCUT2D eigenvalue weighted by molar-refractivity contribution is 6.17. The summed E-state index contributed by atoms with van der Waals surface area (Å²) in [6, 6.07) is 6.83. The summed E-state index contributed by atoms with van der Waals surface area (Å²) < 4.78 is 28.9. The molecule has 0 radical (unpaired) electrons. The van der Waals surface area contributed by atoms with Gasteiger partial charge in [-0.05, 0) is 30.0 Å². The third-order valence-electron chi connectivity index (χ3n) is 2.28. The minimum atomic E-state index is -2.86. The quantitative estimate of drug-likeness (QED) is 0.732. The molecule has 0 aliphatic carbocycles. The Balaban J connectivity index is 3.01. The molecule has 0 N–H and O–H groups in total. The van der Waals surface area contributed by atoms with Crippen LogP contribution in [-0.2, 0) is 12.8 Å². The summed E-state index contributed by atoms with van der Waals surface area (Å²) in [5.41, 5.74) is 1.37. The van der Waals surface area contributed by atoms with Gasteiger partial charge in [0.1, 0.15) is 5.75 Å². The molecular formula is C12H12ClF2NO. The van der Waals surface area contributed by atoms with Gasteiger partial charge in [-0.3, -0.25) is 0 Å². The van der Waals surface area contributed by atoms with Crippen molar-refractivity contribution in [2.45, 2.75) is 25.9 Å². The van der Waals surface area contributed by atoms with Gasteiger partial charge in [0.2, 0.25) is 0 Å². The monoisotopic (exact) mass is 259 g/mol. The molecule has 0 spiro atoms. The van der Waals surface area contributed by atoms with Crippen LogP contribution in [-0.4, -0.2) is 12.5 Å². The van der Waals surface area contributed by atoms with Crippen molar-refractivity contribution in [1.82, 2.24) is 0 Å². The molecule has 92 valence electrons. The van der Waals surface area contributed by atoms with Crippen molar-refractivity contribution >= 4 is 11.6 Å². The fourth-order valence-electron chi connectivity index (χ4n) is 1.60. The maximum atomic E-state index is 12.2. The van der Waals surface area contributed by atoms with Gasteiger partial charge in [0.15, 0.2) is 0 Å². The van der Waals surface area contributed by atoms with Crippen LogP contribution in [0.2, 0.25) is 0 Å². The van der Waals surface area contributed by atoms with Crippen LogP contribution in [0, 0.1) is 11.3 Å². The minimum absolute atomic E-state index is 0.137. The minimum Gasteiger partial charge on any atom is -0.435 e. The molecule has 0 aliphatic rings. The molecule has 0 bridgehead atoms. The van der Waals surface area contributed by atoms with Gasteiger partial charge in [0.25, 0.3) is 0 Å². The SMILES string of the molecule is N#CCc1cccc(OC(F)F)c1CCCCl. The van der Waals surface area contributed by atoms with Gasteiger partial charge in [0.05, 0.1) is 12.5 Å². The lowest BCUT2D eigenvalue weighted by Gasteiger charge is -2.13. The number of hydrogen-bond acceptors (Lipinski definition) is 2. The van der Waals surface area contributed by atoms with E-state index in [9.17, 15) is 8.78 Å². The van der Waals surface area contributed by atoms with Crippen LogP contribution in [0.3, 0.4) is 0 Å². The molecule has 0 atom stereocenters. The Kier molecular flexibility index (Phi) is 5.71. The highest BCUT2D eigenvalue weighted by Gasteiger charge is 2.12. The number of ether oxygens (including phenoxy) is 1. The van der Waals surface area contributed by atoms with Gasteiger partial charge < -0.3 is 4.74 Å². The van der Waals surface area contributed by atoms with Crippen LogP contribution in [0.5, 0.6) is 5.75 Å². The molecule has 1 rings (SSSR count). The standard InChI is InChI=1S/C12H12ClF2NO/c13-7-2-4-10-9(6-8-16)3-1-5-11(10)17-12(14)15/h1,3,5,12H,2,4,6-7H2. The average molecular weight is 260 g/mol. The van der Waals surface area contributed by atoms with Crippen LogP contribution in [0.1, 0.15) is 17.5 Å². The normalized spacial score (nSPS) is 10.3. The smallest absolute Gasteiger partial charge is 0.387 e. The summed E-state index contributed by atoms with van der Waals surface area (Å²) in [6.07, 6.45) is 1.37. The van der Waals surface area contributed by atoms with Crippen LogP contribution in [0.15, 0.2) is 18.2 Å². The number of halogens is 3. The lowest BCUT2D eigenvalue weighted by atomic mass is 10.00. The van der Waals surface area contributed by atoms with Gasteiger partial charge in [-0.2, -0.15) is 14.0 Å². The molecular weight excluding hydrogens is 248 g/mol. The van der Waals surface area contributed by atoms with Crippen molar-refractivity contribution < 1.29 is 13.5 Å².